The SMILES string of the molecule is Cc1ccc(C(C)NC(=O)c2nn(-c3ccc(F)cc3)c3c2CCC3)o1. The van der Waals surface area contributed by atoms with Crippen molar-refractivity contribution in [2.24, 2.45) is 0 Å². The molecule has 1 amide bonds. The lowest BCUT2D eigenvalue weighted by Crippen LogP contribution is -2.27. The van der Waals surface area contributed by atoms with E-state index in [2.05, 4.69) is 10.4 Å². The summed E-state index contributed by atoms with van der Waals surface area (Å²) in [7, 11) is 0. The number of halogens is 1. The van der Waals surface area contributed by atoms with Crippen LogP contribution in [0.2, 0.25) is 0 Å². The lowest BCUT2D eigenvalue weighted by molar-refractivity contribution is 0.0928. The lowest BCUT2D eigenvalue weighted by atomic mass is 10.1. The smallest absolute Gasteiger partial charge is 0.272 e. The van der Waals surface area contributed by atoms with Gasteiger partial charge in [-0.25, -0.2) is 9.07 Å². The minimum atomic E-state index is -0.293. The third-order valence-corrected chi connectivity index (χ3v) is 4.75. The summed E-state index contributed by atoms with van der Waals surface area (Å²) in [6.45, 7) is 3.75. The van der Waals surface area contributed by atoms with Crippen LogP contribution in [0.5, 0.6) is 0 Å². The number of carbonyl (C=O) groups excluding carboxylic acids is 1. The van der Waals surface area contributed by atoms with Gasteiger partial charge in [0, 0.05) is 11.3 Å². The van der Waals surface area contributed by atoms with Gasteiger partial charge in [-0.05, 0) is 69.5 Å². The second kappa shape index (κ2) is 6.44. The molecular weight excluding hydrogens is 333 g/mol. The van der Waals surface area contributed by atoms with Gasteiger partial charge < -0.3 is 9.73 Å². The van der Waals surface area contributed by atoms with Gasteiger partial charge >= 0.3 is 0 Å². The number of furan rings is 1. The number of carbonyl (C=O) groups is 1. The summed E-state index contributed by atoms with van der Waals surface area (Å²) in [5.74, 6) is 1.01. The Morgan fingerprint density at radius 2 is 2.00 bits per heavy atom. The first-order chi connectivity index (χ1) is 12.5. The second-order valence-corrected chi connectivity index (χ2v) is 6.66. The molecule has 0 saturated carbocycles. The van der Waals surface area contributed by atoms with Crippen LogP contribution < -0.4 is 5.32 Å². The first kappa shape index (κ1) is 16.6. The quantitative estimate of drug-likeness (QED) is 0.774. The number of aromatic nitrogens is 2. The van der Waals surface area contributed by atoms with Gasteiger partial charge in [-0.2, -0.15) is 5.10 Å². The number of fused-ring (bicyclic) bond motifs is 1. The Hall–Kier alpha value is -2.89. The zero-order chi connectivity index (χ0) is 18.3. The highest BCUT2D eigenvalue weighted by molar-refractivity contribution is 5.94. The summed E-state index contributed by atoms with van der Waals surface area (Å²) in [6, 6.07) is 9.65. The predicted molar refractivity (Wildman–Crippen MR) is 94.9 cm³/mol. The summed E-state index contributed by atoms with van der Waals surface area (Å²) < 4.78 is 20.6. The molecule has 5 nitrogen and oxygen atoms in total. The first-order valence-electron chi connectivity index (χ1n) is 8.77. The van der Waals surface area contributed by atoms with Crippen molar-refractivity contribution in [3.8, 4) is 5.69 Å². The highest BCUT2D eigenvalue weighted by Gasteiger charge is 2.28. The van der Waals surface area contributed by atoms with E-state index in [4.69, 9.17) is 4.42 Å². The van der Waals surface area contributed by atoms with Gasteiger partial charge in [0.25, 0.3) is 5.91 Å². The van der Waals surface area contributed by atoms with E-state index in [1.807, 2.05) is 26.0 Å². The molecule has 1 unspecified atom stereocenters. The molecule has 1 aliphatic carbocycles. The molecule has 2 aromatic heterocycles. The van der Waals surface area contributed by atoms with Crippen molar-refractivity contribution in [1.29, 1.82) is 0 Å². The van der Waals surface area contributed by atoms with Crippen molar-refractivity contribution in [1.82, 2.24) is 15.1 Å². The van der Waals surface area contributed by atoms with Crippen molar-refractivity contribution >= 4 is 5.91 Å². The molecule has 1 aromatic carbocycles. The number of amides is 1. The highest BCUT2D eigenvalue weighted by Crippen LogP contribution is 2.28. The van der Waals surface area contributed by atoms with Gasteiger partial charge in [-0.15, -0.1) is 0 Å². The van der Waals surface area contributed by atoms with Crippen molar-refractivity contribution in [3.05, 3.63) is 70.7 Å². The van der Waals surface area contributed by atoms with Crippen molar-refractivity contribution < 1.29 is 13.6 Å². The third kappa shape index (κ3) is 2.92. The molecule has 26 heavy (non-hydrogen) atoms. The molecule has 0 aliphatic heterocycles. The summed E-state index contributed by atoms with van der Waals surface area (Å²) in [5.41, 5.74) is 3.22. The topological polar surface area (TPSA) is 60.1 Å². The van der Waals surface area contributed by atoms with Gasteiger partial charge in [0.05, 0.1) is 11.7 Å². The van der Waals surface area contributed by atoms with Crippen LogP contribution in [0.1, 0.15) is 52.7 Å². The Morgan fingerprint density at radius 1 is 1.23 bits per heavy atom. The van der Waals surface area contributed by atoms with E-state index >= 15 is 0 Å². The average Bonchev–Trinajstić information content (AvgIpc) is 3.31. The molecule has 134 valence electrons. The second-order valence-electron chi connectivity index (χ2n) is 6.66. The van der Waals surface area contributed by atoms with Crippen molar-refractivity contribution in [3.63, 3.8) is 0 Å². The largest absolute Gasteiger partial charge is 0.464 e. The van der Waals surface area contributed by atoms with Crippen LogP contribution in [-0.4, -0.2) is 15.7 Å². The minimum absolute atomic E-state index is 0.217. The van der Waals surface area contributed by atoms with Gasteiger partial charge in [-0.1, -0.05) is 0 Å². The Labute approximate surface area is 150 Å². The maximum absolute atomic E-state index is 13.2. The summed E-state index contributed by atoms with van der Waals surface area (Å²) >= 11 is 0. The van der Waals surface area contributed by atoms with E-state index in [1.54, 1.807) is 16.8 Å². The Bertz CT molecular complexity index is 956. The fourth-order valence-electron chi connectivity index (χ4n) is 3.44. The number of nitrogens with one attached hydrogen (secondary N) is 1. The van der Waals surface area contributed by atoms with E-state index in [-0.39, 0.29) is 17.8 Å². The Balaban J connectivity index is 1.63. The molecule has 0 fully saturated rings. The van der Waals surface area contributed by atoms with E-state index in [1.165, 1.54) is 12.1 Å². The van der Waals surface area contributed by atoms with Crippen LogP contribution in [0, 0.1) is 12.7 Å². The van der Waals surface area contributed by atoms with Crippen LogP contribution in [-0.2, 0) is 12.8 Å². The molecule has 0 saturated heterocycles. The molecule has 1 atom stereocenters. The van der Waals surface area contributed by atoms with E-state index in [9.17, 15) is 9.18 Å². The number of nitrogens with zero attached hydrogens (tertiary/aromatic N) is 2. The van der Waals surface area contributed by atoms with Crippen molar-refractivity contribution in [2.75, 3.05) is 0 Å². The molecule has 0 bridgehead atoms. The molecular formula is C20H20FN3O2. The molecule has 2 heterocycles. The number of aryl methyl sites for hydroxylation is 1. The summed E-state index contributed by atoms with van der Waals surface area (Å²) in [6.07, 6.45) is 2.68. The van der Waals surface area contributed by atoms with Gasteiger partial charge in [0.15, 0.2) is 5.69 Å². The van der Waals surface area contributed by atoms with Crippen molar-refractivity contribution in [2.45, 2.75) is 39.2 Å². The standard InChI is InChI=1S/C20H20FN3O2/c1-12-6-11-18(26-12)13(2)22-20(25)19-16-4-3-5-17(16)24(23-19)15-9-7-14(21)8-10-15/h6-11,13H,3-5H2,1-2H3,(H,22,25). The minimum Gasteiger partial charge on any atom is -0.464 e. The number of hydrogen-bond acceptors (Lipinski definition) is 3. The van der Waals surface area contributed by atoms with Gasteiger partial charge in [-0.3, -0.25) is 4.79 Å². The molecule has 0 spiro atoms. The fraction of sp³-hybridized carbons (Fsp3) is 0.300. The first-order valence-corrected chi connectivity index (χ1v) is 8.77. The monoisotopic (exact) mass is 353 g/mol. The van der Waals surface area contributed by atoms with E-state index in [0.29, 0.717) is 11.5 Å². The zero-order valence-corrected chi connectivity index (χ0v) is 14.8. The normalized spacial score (nSPS) is 14.3. The molecule has 4 rings (SSSR count). The van der Waals surface area contributed by atoms with E-state index < -0.39 is 0 Å². The fourth-order valence-corrected chi connectivity index (χ4v) is 3.44. The molecule has 1 N–H and O–H groups in total. The maximum atomic E-state index is 13.2. The molecule has 3 aromatic rings. The van der Waals surface area contributed by atoms with Crippen LogP contribution in [0.25, 0.3) is 5.69 Å². The Kier molecular flexibility index (Phi) is 4.11. The van der Waals surface area contributed by atoms with Crippen LogP contribution in [0.3, 0.4) is 0 Å². The molecule has 6 heteroatoms. The van der Waals surface area contributed by atoms with Crippen LogP contribution in [0.15, 0.2) is 40.8 Å². The number of benzene rings is 1. The van der Waals surface area contributed by atoms with Crippen LogP contribution in [0.4, 0.5) is 4.39 Å². The summed E-state index contributed by atoms with van der Waals surface area (Å²) in [4.78, 5) is 12.8. The third-order valence-electron chi connectivity index (χ3n) is 4.75. The zero-order valence-electron chi connectivity index (χ0n) is 14.8. The highest BCUT2D eigenvalue weighted by atomic mass is 19.1. The van der Waals surface area contributed by atoms with Gasteiger partial charge in [0.1, 0.15) is 17.3 Å². The van der Waals surface area contributed by atoms with E-state index in [0.717, 1.165) is 42.0 Å². The lowest BCUT2D eigenvalue weighted by Gasteiger charge is -2.11. The maximum Gasteiger partial charge on any atom is 0.272 e. The molecule has 0 radical (unpaired) electrons. The average molecular weight is 353 g/mol. The predicted octanol–water partition coefficient (Wildman–Crippen LogP) is 3.89. The number of rotatable bonds is 4. The molecule has 1 aliphatic rings. The Morgan fingerprint density at radius 3 is 2.69 bits per heavy atom. The summed E-state index contributed by atoms with van der Waals surface area (Å²) in [5, 5.41) is 7.50. The van der Waals surface area contributed by atoms with Crippen LogP contribution >= 0.6 is 0 Å². The number of hydrogen-bond donors (Lipinski definition) is 1. The van der Waals surface area contributed by atoms with Gasteiger partial charge in [0.2, 0.25) is 0 Å².